The van der Waals surface area contributed by atoms with Gasteiger partial charge in [0.05, 0.1) is 0 Å². The van der Waals surface area contributed by atoms with Gasteiger partial charge in [-0.1, -0.05) is 45.3 Å². The number of nitrogens with zero attached hydrogens (tertiary/aromatic N) is 1. The lowest BCUT2D eigenvalue weighted by Gasteiger charge is -2.47. The van der Waals surface area contributed by atoms with Crippen molar-refractivity contribution >= 4 is 11.8 Å². The highest BCUT2D eigenvalue weighted by Gasteiger charge is 2.50. The molecule has 1 aliphatic carbocycles. The van der Waals surface area contributed by atoms with E-state index in [9.17, 15) is 9.59 Å². The van der Waals surface area contributed by atoms with Crippen molar-refractivity contribution in [1.82, 2.24) is 10.2 Å². The van der Waals surface area contributed by atoms with Gasteiger partial charge in [0.2, 0.25) is 11.8 Å². The summed E-state index contributed by atoms with van der Waals surface area (Å²) in [5.41, 5.74) is -0.621. The van der Waals surface area contributed by atoms with Crippen LogP contribution in [0.3, 0.4) is 0 Å². The number of nitrogens with one attached hydrogen (secondary N) is 1. The van der Waals surface area contributed by atoms with E-state index in [0.29, 0.717) is 12.5 Å². The number of hydrogen-bond donors (Lipinski definition) is 1. The molecule has 1 saturated heterocycles. The summed E-state index contributed by atoms with van der Waals surface area (Å²) in [7, 11) is 0. The maximum atomic E-state index is 13.0. The summed E-state index contributed by atoms with van der Waals surface area (Å²) >= 11 is 0. The standard InChI is InChI=1S/C17H28N2O2/c1-4-5-11-19-14(12-13(2)3)15(20)18-17(16(19)21)9-7-6-8-10-17/h4-5,13-14H,6-12H2,1-3H3,(H,18,20)/b5-4+. The predicted octanol–water partition coefficient (Wildman–Crippen LogP) is 2.64. The van der Waals surface area contributed by atoms with Crippen LogP contribution in [0.1, 0.15) is 59.3 Å². The van der Waals surface area contributed by atoms with Gasteiger partial charge in [-0.15, -0.1) is 0 Å². The summed E-state index contributed by atoms with van der Waals surface area (Å²) in [5, 5.41) is 3.09. The number of amides is 2. The van der Waals surface area contributed by atoms with Crippen LogP contribution in [0.4, 0.5) is 0 Å². The zero-order valence-electron chi connectivity index (χ0n) is 13.5. The van der Waals surface area contributed by atoms with Crippen molar-refractivity contribution in [3.8, 4) is 0 Å². The molecule has 2 rings (SSSR count). The fourth-order valence-electron chi connectivity index (χ4n) is 3.53. The van der Waals surface area contributed by atoms with Crippen LogP contribution in [-0.2, 0) is 9.59 Å². The molecule has 1 unspecified atom stereocenters. The zero-order chi connectivity index (χ0) is 15.5. The van der Waals surface area contributed by atoms with Crippen LogP contribution in [0.15, 0.2) is 12.2 Å². The molecule has 0 radical (unpaired) electrons. The van der Waals surface area contributed by atoms with Gasteiger partial charge >= 0.3 is 0 Å². The van der Waals surface area contributed by atoms with Crippen LogP contribution in [0.5, 0.6) is 0 Å². The second-order valence-corrected chi connectivity index (χ2v) is 6.80. The number of allylic oxidation sites excluding steroid dienone is 1. The van der Waals surface area contributed by atoms with Crippen LogP contribution in [0.2, 0.25) is 0 Å². The van der Waals surface area contributed by atoms with E-state index < -0.39 is 5.54 Å². The highest BCUT2D eigenvalue weighted by Crippen LogP contribution is 2.34. The lowest BCUT2D eigenvalue weighted by molar-refractivity contribution is -0.156. The van der Waals surface area contributed by atoms with Crippen LogP contribution in [0.25, 0.3) is 0 Å². The van der Waals surface area contributed by atoms with E-state index in [1.807, 2.05) is 24.0 Å². The zero-order valence-corrected chi connectivity index (χ0v) is 13.5. The molecule has 1 aliphatic heterocycles. The number of hydrogen-bond acceptors (Lipinski definition) is 2. The molecule has 4 heteroatoms. The second-order valence-electron chi connectivity index (χ2n) is 6.80. The van der Waals surface area contributed by atoms with Crippen LogP contribution in [0, 0.1) is 5.92 Å². The molecule has 0 aromatic rings. The summed E-state index contributed by atoms with van der Waals surface area (Å²) in [6, 6.07) is -0.318. The van der Waals surface area contributed by atoms with Gasteiger partial charge in [-0.2, -0.15) is 0 Å². The van der Waals surface area contributed by atoms with E-state index >= 15 is 0 Å². The maximum Gasteiger partial charge on any atom is 0.249 e. The van der Waals surface area contributed by atoms with Gasteiger partial charge in [-0.05, 0) is 32.1 Å². The van der Waals surface area contributed by atoms with Crippen molar-refractivity contribution in [2.24, 2.45) is 5.92 Å². The third kappa shape index (κ3) is 3.30. The molecule has 1 spiro atoms. The second kappa shape index (κ2) is 6.63. The molecule has 118 valence electrons. The van der Waals surface area contributed by atoms with E-state index in [1.165, 1.54) is 0 Å². The number of piperazine rings is 1. The topological polar surface area (TPSA) is 49.4 Å². The lowest BCUT2D eigenvalue weighted by atomic mass is 9.78. The fraction of sp³-hybridized carbons (Fsp3) is 0.765. The van der Waals surface area contributed by atoms with E-state index in [2.05, 4.69) is 19.2 Å². The number of rotatable bonds is 4. The molecule has 2 aliphatic rings. The quantitative estimate of drug-likeness (QED) is 0.810. The molecule has 2 fully saturated rings. The molecule has 21 heavy (non-hydrogen) atoms. The predicted molar refractivity (Wildman–Crippen MR) is 83.7 cm³/mol. The van der Waals surface area contributed by atoms with Gasteiger partial charge in [0.15, 0.2) is 0 Å². The van der Waals surface area contributed by atoms with E-state index in [4.69, 9.17) is 0 Å². The third-order valence-electron chi connectivity index (χ3n) is 4.65. The van der Waals surface area contributed by atoms with Crippen molar-refractivity contribution in [1.29, 1.82) is 0 Å². The van der Waals surface area contributed by atoms with Crippen molar-refractivity contribution in [2.45, 2.75) is 70.9 Å². The molecule has 0 aromatic carbocycles. The minimum Gasteiger partial charge on any atom is -0.340 e. The van der Waals surface area contributed by atoms with Crippen molar-refractivity contribution in [3.05, 3.63) is 12.2 Å². The van der Waals surface area contributed by atoms with Gasteiger partial charge in [0.25, 0.3) is 0 Å². The van der Waals surface area contributed by atoms with Gasteiger partial charge in [0.1, 0.15) is 11.6 Å². The first-order valence-corrected chi connectivity index (χ1v) is 8.24. The Balaban J connectivity index is 2.26. The largest absolute Gasteiger partial charge is 0.340 e. The summed E-state index contributed by atoms with van der Waals surface area (Å²) in [5.74, 6) is 0.558. The Morgan fingerprint density at radius 2 is 1.95 bits per heavy atom. The fourth-order valence-corrected chi connectivity index (χ4v) is 3.53. The Kier molecular flexibility index (Phi) is 5.07. The monoisotopic (exact) mass is 292 g/mol. The first-order chi connectivity index (χ1) is 10.00. The maximum absolute atomic E-state index is 13.0. The molecule has 2 amide bonds. The number of carbonyl (C=O) groups excluding carboxylic acids is 2. The minimum absolute atomic E-state index is 0.0368. The Bertz CT molecular complexity index is 423. The molecule has 1 atom stereocenters. The van der Waals surface area contributed by atoms with Crippen molar-refractivity contribution < 1.29 is 9.59 Å². The van der Waals surface area contributed by atoms with Crippen molar-refractivity contribution in [2.75, 3.05) is 6.54 Å². The molecule has 0 aromatic heterocycles. The molecule has 1 N–H and O–H groups in total. The smallest absolute Gasteiger partial charge is 0.249 e. The van der Waals surface area contributed by atoms with E-state index in [-0.39, 0.29) is 17.9 Å². The Hall–Kier alpha value is -1.32. The lowest BCUT2D eigenvalue weighted by Crippen LogP contribution is -2.70. The SMILES string of the molecule is C/C=C/CN1C(=O)C2(CCCCC2)NC(=O)C1CC(C)C. The summed E-state index contributed by atoms with van der Waals surface area (Å²) in [4.78, 5) is 27.4. The Morgan fingerprint density at radius 3 is 2.52 bits per heavy atom. The van der Waals surface area contributed by atoms with E-state index in [1.54, 1.807) is 0 Å². The normalized spacial score (nSPS) is 25.9. The Labute approximate surface area is 128 Å². The third-order valence-corrected chi connectivity index (χ3v) is 4.65. The van der Waals surface area contributed by atoms with Crippen molar-refractivity contribution in [3.63, 3.8) is 0 Å². The summed E-state index contributed by atoms with van der Waals surface area (Å²) in [6.07, 6.45) is 9.44. The highest BCUT2D eigenvalue weighted by molar-refractivity contribution is 6.00. The Morgan fingerprint density at radius 1 is 1.29 bits per heavy atom. The first kappa shape index (κ1) is 16.1. The van der Waals surface area contributed by atoms with Gasteiger partial charge in [-0.25, -0.2) is 0 Å². The summed E-state index contributed by atoms with van der Waals surface area (Å²) in [6.45, 7) is 6.68. The van der Waals surface area contributed by atoms with Gasteiger partial charge in [-0.3, -0.25) is 9.59 Å². The van der Waals surface area contributed by atoms with Crippen LogP contribution in [-0.4, -0.2) is 34.8 Å². The molecule has 4 nitrogen and oxygen atoms in total. The minimum atomic E-state index is -0.621. The van der Waals surface area contributed by atoms with Gasteiger partial charge < -0.3 is 10.2 Å². The van der Waals surface area contributed by atoms with E-state index in [0.717, 1.165) is 38.5 Å². The average Bonchev–Trinajstić information content (AvgIpc) is 2.45. The summed E-state index contributed by atoms with van der Waals surface area (Å²) < 4.78 is 0. The highest BCUT2D eigenvalue weighted by atomic mass is 16.2. The van der Waals surface area contributed by atoms with Crippen LogP contribution < -0.4 is 5.32 Å². The molecule has 1 heterocycles. The first-order valence-electron chi connectivity index (χ1n) is 8.24. The molecular weight excluding hydrogens is 264 g/mol. The molecule has 0 bridgehead atoms. The molecule has 1 saturated carbocycles. The van der Waals surface area contributed by atoms with Crippen LogP contribution >= 0.6 is 0 Å². The number of carbonyl (C=O) groups is 2. The molecular formula is C17H28N2O2. The average molecular weight is 292 g/mol. The van der Waals surface area contributed by atoms with Gasteiger partial charge in [0, 0.05) is 6.54 Å².